The standard InChI is InChI=1S/C19H34O/c1-13(2)7-5-8-14(3)16-11-15-12-19(15)17(20)9-6-10-18(16,19)4/h13-17,20H,5-12H2,1-4H3/t14?,15?,16-,17?,18-,19?/m1/s1. The van der Waals surface area contributed by atoms with Crippen molar-refractivity contribution in [3.05, 3.63) is 0 Å². The van der Waals surface area contributed by atoms with E-state index in [1.54, 1.807) is 0 Å². The molecule has 0 aromatic rings. The highest BCUT2D eigenvalue weighted by Gasteiger charge is 2.75. The van der Waals surface area contributed by atoms with Crippen LogP contribution in [0.1, 0.15) is 79.1 Å². The molecule has 3 aliphatic rings. The van der Waals surface area contributed by atoms with Crippen molar-refractivity contribution in [1.29, 1.82) is 0 Å². The second kappa shape index (κ2) is 5.00. The Hall–Kier alpha value is -0.0400. The van der Waals surface area contributed by atoms with Gasteiger partial charge in [-0.2, -0.15) is 0 Å². The van der Waals surface area contributed by atoms with Gasteiger partial charge in [-0.1, -0.05) is 53.4 Å². The van der Waals surface area contributed by atoms with Gasteiger partial charge < -0.3 is 5.11 Å². The lowest BCUT2D eigenvalue weighted by atomic mass is 9.57. The highest BCUT2D eigenvalue weighted by molar-refractivity contribution is 5.23. The van der Waals surface area contributed by atoms with Crippen LogP contribution in [0.3, 0.4) is 0 Å². The summed E-state index contributed by atoms with van der Waals surface area (Å²) in [5.41, 5.74) is 0.800. The van der Waals surface area contributed by atoms with Crippen LogP contribution in [-0.4, -0.2) is 11.2 Å². The van der Waals surface area contributed by atoms with Crippen LogP contribution < -0.4 is 0 Å². The summed E-state index contributed by atoms with van der Waals surface area (Å²) < 4.78 is 0. The molecule has 6 atom stereocenters. The highest BCUT2D eigenvalue weighted by Crippen LogP contribution is 2.79. The van der Waals surface area contributed by atoms with Crippen molar-refractivity contribution < 1.29 is 5.11 Å². The second-order valence-electron chi connectivity index (χ2n) is 8.91. The Morgan fingerprint density at radius 3 is 2.65 bits per heavy atom. The molecule has 0 saturated heterocycles. The predicted octanol–water partition coefficient (Wildman–Crippen LogP) is 5.03. The van der Waals surface area contributed by atoms with Crippen molar-refractivity contribution >= 4 is 0 Å². The molecule has 116 valence electrons. The van der Waals surface area contributed by atoms with Gasteiger partial charge in [-0.25, -0.2) is 0 Å². The van der Waals surface area contributed by atoms with Crippen LogP contribution in [0.4, 0.5) is 0 Å². The molecule has 0 aliphatic heterocycles. The highest BCUT2D eigenvalue weighted by atomic mass is 16.3. The SMILES string of the molecule is CC(C)CCCC(C)[C@H]1CC2CC23C(O)CCC[C@]13C. The zero-order valence-electron chi connectivity index (χ0n) is 14.0. The van der Waals surface area contributed by atoms with E-state index >= 15 is 0 Å². The fourth-order valence-electron chi connectivity index (χ4n) is 6.29. The Labute approximate surface area is 125 Å². The van der Waals surface area contributed by atoms with Crippen molar-refractivity contribution in [3.8, 4) is 0 Å². The maximum Gasteiger partial charge on any atom is 0.0604 e. The van der Waals surface area contributed by atoms with Crippen LogP contribution in [0.2, 0.25) is 0 Å². The molecule has 3 rings (SSSR count). The predicted molar refractivity (Wildman–Crippen MR) is 84.5 cm³/mol. The Bertz CT molecular complexity index is 363. The molecule has 0 amide bonds. The van der Waals surface area contributed by atoms with Gasteiger partial charge in [0.25, 0.3) is 0 Å². The third-order valence-electron chi connectivity index (χ3n) is 7.47. The summed E-state index contributed by atoms with van der Waals surface area (Å²) >= 11 is 0. The zero-order valence-corrected chi connectivity index (χ0v) is 14.0. The largest absolute Gasteiger partial charge is 0.393 e. The van der Waals surface area contributed by atoms with Crippen molar-refractivity contribution in [2.24, 2.45) is 34.5 Å². The molecule has 3 aliphatic carbocycles. The third kappa shape index (κ3) is 1.99. The fourth-order valence-corrected chi connectivity index (χ4v) is 6.29. The van der Waals surface area contributed by atoms with Crippen molar-refractivity contribution in [2.75, 3.05) is 0 Å². The molecular formula is C19H34O. The minimum Gasteiger partial charge on any atom is -0.393 e. The van der Waals surface area contributed by atoms with Gasteiger partial charge in [0.1, 0.15) is 0 Å². The van der Waals surface area contributed by atoms with Gasteiger partial charge in [-0.15, -0.1) is 0 Å². The molecule has 1 spiro atoms. The number of aliphatic hydroxyl groups excluding tert-OH is 1. The maximum absolute atomic E-state index is 10.6. The molecule has 0 radical (unpaired) electrons. The molecule has 1 N–H and O–H groups in total. The van der Waals surface area contributed by atoms with Crippen LogP contribution in [0.5, 0.6) is 0 Å². The Balaban J connectivity index is 1.67. The van der Waals surface area contributed by atoms with E-state index in [0.717, 1.165) is 30.1 Å². The number of hydrogen-bond acceptors (Lipinski definition) is 1. The molecule has 3 saturated carbocycles. The van der Waals surface area contributed by atoms with E-state index in [-0.39, 0.29) is 6.10 Å². The summed E-state index contributed by atoms with van der Waals surface area (Å²) in [4.78, 5) is 0. The molecule has 1 heteroatoms. The summed E-state index contributed by atoms with van der Waals surface area (Å²) in [6.07, 6.45) is 10.6. The van der Waals surface area contributed by atoms with E-state index in [4.69, 9.17) is 0 Å². The molecule has 0 heterocycles. The van der Waals surface area contributed by atoms with E-state index in [1.807, 2.05) is 0 Å². The molecule has 0 bridgehead atoms. The van der Waals surface area contributed by atoms with Crippen LogP contribution in [0.15, 0.2) is 0 Å². The first-order chi connectivity index (χ1) is 9.42. The number of aliphatic hydroxyl groups is 1. The smallest absolute Gasteiger partial charge is 0.0604 e. The second-order valence-corrected chi connectivity index (χ2v) is 8.91. The van der Waals surface area contributed by atoms with Gasteiger partial charge in [0.2, 0.25) is 0 Å². The molecule has 0 aromatic heterocycles. The van der Waals surface area contributed by atoms with E-state index in [9.17, 15) is 5.11 Å². The average molecular weight is 278 g/mol. The van der Waals surface area contributed by atoms with E-state index in [1.165, 1.54) is 44.9 Å². The Morgan fingerprint density at radius 2 is 1.95 bits per heavy atom. The molecule has 1 nitrogen and oxygen atoms in total. The molecule has 0 aromatic carbocycles. The summed E-state index contributed by atoms with van der Waals surface area (Å²) in [5, 5.41) is 10.6. The van der Waals surface area contributed by atoms with Crippen LogP contribution in [0.25, 0.3) is 0 Å². The van der Waals surface area contributed by atoms with Gasteiger partial charge in [0, 0.05) is 5.41 Å². The third-order valence-corrected chi connectivity index (χ3v) is 7.47. The Kier molecular flexibility index (Phi) is 3.72. The average Bonchev–Trinajstić information content (AvgIpc) is 3.03. The summed E-state index contributed by atoms with van der Waals surface area (Å²) in [6, 6.07) is 0. The molecular weight excluding hydrogens is 244 g/mol. The van der Waals surface area contributed by atoms with Crippen LogP contribution in [-0.2, 0) is 0 Å². The van der Waals surface area contributed by atoms with E-state index in [0.29, 0.717) is 10.8 Å². The van der Waals surface area contributed by atoms with Crippen LogP contribution in [0, 0.1) is 34.5 Å². The van der Waals surface area contributed by atoms with E-state index < -0.39 is 0 Å². The van der Waals surface area contributed by atoms with Crippen molar-refractivity contribution in [1.82, 2.24) is 0 Å². The van der Waals surface area contributed by atoms with Crippen molar-refractivity contribution in [3.63, 3.8) is 0 Å². The summed E-state index contributed by atoms with van der Waals surface area (Å²) in [5.74, 6) is 3.44. The zero-order chi connectivity index (χ0) is 14.5. The first kappa shape index (κ1) is 14.9. The van der Waals surface area contributed by atoms with E-state index in [2.05, 4.69) is 27.7 Å². The van der Waals surface area contributed by atoms with Gasteiger partial charge in [-0.3, -0.25) is 0 Å². The van der Waals surface area contributed by atoms with Gasteiger partial charge in [0.15, 0.2) is 0 Å². The fraction of sp³-hybridized carbons (Fsp3) is 1.00. The quantitative estimate of drug-likeness (QED) is 0.748. The first-order valence-electron chi connectivity index (χ1n) is 9.10. The lowest BCUT2D eigenvalue weighted by molar-refractivity contribution is -0.0616. The minimum atomic E-state index is 0.0131. The number of hydrogen-bond donors (Lipinski definition) is 1. The Morgan fingerprint density at radius 1 is 1.20 bits per heavy atom. The summed E-state index contributed by atoms with van der Waals surface area (Å²) in [7, 11) is 0. The van der Waals surface area contributed by atoms with Gasteiger partial charge >= 0.3 is 0 Å². The normalized spacial score (nSPS) is 48.0. The van der Waals surface area contributed by atoms with Gasteiger partial charge in [0.05, 0.1) is 6.10 Å². The van der Waals surface area contributed by atoms with Gasteiger partial charge in [-0.05, 0) is 54.8 Å². The maximum atomic E-state index is 10.6. The first-order valence-corrected chi connectivity index (χ1v) is 9.10. The molecule has 20 heavy (non-hydrogen) atoms. The number of rotatable bonds is 5. The minimum absolute atomic E-state index is 0.0131. The topological polar surface area (TPSA) is 20.2 Å². The lowest BCUT2D eigenvalue weighted by Gasteiger charge is -2.48. The monoisotopic (exact) mass is 278 g/mol. The van der Waals surface area contributed by atoms with Crippen LogP contribution >= 0.6 is 0 Å². The van der Waals surface area contributed by atoms with Crippen molar-refractivity contribution in [2.45, 2.75) is 85.2 Å². The molecule has 3 fully saturated rings. The molecule has 4 unspecified atom stereocenters. The summed E-state index contributed by atoms with van der Waals surface area (Å²) in [6.45, 7) is 9.70. The lowest BCUT2D eigenvalue weighted by Crippen LogP contribution is -2.45.